The van der Waals surface area contributed by atoms with Crippen molar-refractivity contribution < 1.29 is 57.3 Å². The monoisotopic (exact) mass is 957 g/mol. The first-order valence-corrected chi connectivity index (χ1v) is 23.1. The van der Waals surface area contributed by atoms with Gasteiger partial charge in [0.2, 0.25) is 11.8 Å². The van der Waals surface area contributed by atoms with Gasteiger partial charge in [0.25, 0.3) is 23.6 Å². The molecule has 8 N–H and O–H groups in total. The lowest BCUT2D eigenvalue weighted by atomic mass is 10.0. The number of rotatable bonds is 22. The van der Waals surface area contributed by atoms with E-state index < -0.39 is 71.2 Å². The van der Waals surface area contributed by atoms with Crippen LogP contribution in [0, 0.1) is 23.7 Å². The first kappa shape index (κ1) is 57.8. The van der Waals surface area contributed by atoms with Crippen molar-refractivity contribution in [3.8, 4) is 11.5 Å². The van der Waals surface area contributed by atoms with E-state index in [1.54, 1.807) is 96.9 Å². The average Bonchev–Trinajstić information content (AvgIpc) is 3.22. The Morgan fingerprint density at radius 2 is 0.735 bits per heavy atom. The molecule has 0 unspecified atom stereocenters. The Balaban J connectivity index is 1.84. The van der Waals surface area contributed by atoms with Gasteiger partial charge in [-0.05, 0) is 113 Å². The number of benzene rings is 2. The molecule has 0 aromatic heterocycles. The topological polar surface area (TPSA) is 270 Å². The highest BCUT2D eigenvalue weighted by Crippen LogP contribution is 2.26. The van der Waals surface area contributed by atoms with E-state index in [1.165, 1.54) is 0 Å². The second kappa shape index (κ2) is 26.9. The van der Waals surface area contributed by atoms with Gasteiger partial charge in [0, 0.05) is 12.8 Å². The van der Waals surface area contributed by atoms with Gasteiger partial charge in [-0.15, -0.1) is 0 Å². The van der Waals surface area contributed by atoms with Crippen molar-refractivity contribution >= 4 is 58.4 Å². The Morgan fingerprint density at radius 1 is 0.441 bits per heavy atom. The minimum Gasteiger partial charge on any atom is -0.494 e. The van der Waals surface area contributed by atoms with Crippen LogP contribution in [0.3, 0.4) is 0 Å². The number of alkyl carbamates (subject to hydrolysis) is 2. The van der Waals surface area contributed by atoms with E-state index in [9.17, 15) is 38.4 Å². The standard InChI is InChI=1S/C48H76N8O12/c1-27(2)37(41(59)53-55-43(61)39(29(5)6)51-45(63)67-47(9,10)11)49-35(57)17-15-23-65-33-21-19-31-20-22-34(26-32(31)25-33)66-24-16-18-36(58)50-38(28(3)4)42(60)54-56-44(62)40(30(7)8)52-46(64)68-48(12,13)14/h19-22,25-30,37-40H,15-18,23-24H2,1-14H3,(H,49,57)(H,50,58)(H,51,63)(H,52,64)(H,53,59)(H,54,60)(H,55,61)(H,56,62)/t37-,38-,39-,40-/m0/s1. The fourth-order valence-electron chi connectivity index (χ4n) is 6.29. The molecule has 0 spiro atoms. The minimum absolute atomic E-state index is 0.0701. The fraction of sp³-hybridized carbons (Fsp3) is 0.625. The summed E-state index contributed by atoms with van der Waals surface area (Å²) in [4.78, 5) is 102. The third-order valence-corrected chi connectivity index (χ3v) is 9.81. The molecule has 0 fully saturated rings. The van der Waals surface area contributed by atoms with Crippen LogP contribution in [0.1, 0.15) is 123 Å². The van der Waals surface area contributed by atoms with Gasteiger partial charge in [-0.2, -0.15) is 0 Å². The maximum Gasteiger partial charge on any atom is 0.408 e. The number of nitrogens with one attached hydrogen (secondary N) is 8. The fourth-order valence-corrected chi connectivity index (χ4v) is 6.29. The molecule has 0 saturated carbocycles. The smallest absolute Gasteiger partial charge is 0.408 e. The molecule has 0 heterocycles. The average molecular weight is 957 g/mol. The normalized spacial score (nSPS) is 13.4. The molecule has 2 rings (SSSR count). The number of hydrogen-bond acceptors (Lipinski definition) is 12. The van der Waals surface area contributed by atoms with E-state index in [0.29, 0.717) is 24.3 Å². The van der Waals surface area contributed by atoms with Crippen LogP contribution in [0.25, 0.3) is 10.8 Å². The number of hydrogen-bond donors (Lipinski definition) is 8. The molecule has 2 aromatic rings. The van der Waals surface area contributed by atoms with E-state index in [2.05, 4.69) is 43.0 Å². The van der Waals surface area contributed by atoms with Crippen molar-refractivity contribution in [2.24, 2.45) is 23.7 Å². The second-order valence-electron chi connectivity index (χ2n) is 19.8. The molecule has 20 heteroatoms. The minimum atomic E-state index is -0.989. The second-order valence-corrected chi connectivity index (χ2v) is 19.8. The van der Waals surface area contributed by atoms with Crippen molar-refractivity contribution in [1.82, 2.24) is 43.0 Å². The van der Waals surface area contributed by atoms with Gasteiger partial charge >= 0.3 is 12.2 Å². The van der Waals surface area contributed by atoms with Crippen LogP contribution in [0.2, 0.25) is 0 Å². The summed E-state index contributed by atoms with van der Waals surface area (Å²) >= 11 is 0. The zero-order chi connectivity index (χ0) is 51.5. The predicted octanol–water partition coefficient (Wildman–Crippen LogP) is 4.83. The van der Waals surface area contributed by atoms with E-state index in [1.807, 2.05) is 36.4 Å². The zero-order valence-corrected chi connectivity index (χ0v) is 42.2. The van der Waals surface area contributed by atoms with Crippen LogP contribution in [0.15, 0.2) is 36.4 Å². The largest absolute Gasteiger partial charge is 0.494 e. The van der Waals surface area contributed by atoms with Gasteiger partial charge in [0.1, 0.15) is 46.9 Å². The first-order chi connectivity index (χ1) is 31.6. The summed E-state index contributed by atoms with van der Waals surface area (Å²) in [6.07, 6.45) is -0.700. The lowest BCUT2D eigenvalue weighted by Crippen LogP contribution is -2.58. The summed E-state index contributed by atoms with van der Waals surface area (Å²) < 4.78 is 22.4. The molecular formula is C48H76N8O12. The van der Waals surface area contributed by atoms with E-state index in [0.717, 1.165) is 10.8 Å². The van der Waals surface area contributed by atoms with Gasteiger partial charge in [0.15, 0.2) is 0 Å². The van der Waals surface area contributed by atoms with Crippen LogP contribution in [0.4, 0.5) is 9.59 Å². The van der Waals surface area contributed by atoms with Crippen LogP contribution in [-0.2, 0) is 38.2 Å². The molecule has 2 aromatic carbocycles. The highest BCUT2D eigenvalue weighted by Gasteiger charge is 2.31. The Morgan fingerprint density at radius 3 is 1.01 bits per heavy atom. The predicted molar refractivity (Wildman–Crippen MR) is 256 cm³/mol. The number of amides is 8. The van der Waals surface area contributed by atoms with Gasteiger partial charge in [-0.3, -0.25) is 50.5 Å². The van der Waals surface area contributed by atoms with Crippen molar-refractivity contribution in [2.45, 2.75) is 158 Å². The van der Waals surface area contributed by atoms with Gasteiger partial charge < -0.3 is 40.2 Å². The molecule has 4 atom stereocenters. The third kappa shape index (κ3) is 21.5. The quantitative estimate of drug-likeness (QED) is 0.0583. The number of fused-ring (bicyclic) bond motifs is 1. The first-order valence-electron chi connectivity index (χ1n) is 23.1. The van der Waals surface area contributed by atoms with E-state index >= 15 is 0 Å². The Bertz CT molecular complexity index is 1910. The lowest BCUT2D eigenvalue weighted by Gasteiger charge is -2.26. The maximum atomic E-state index is 13.0. The van der Waals surface area contributed by atoms with Gasteiger partial charge in [-0.1, -0.05) is 67.5 Å². The number of hydrazine groups is 2. The molecule has 68 heavy (non-hydrogen) atoms. The maximum absolute atomic E-state index is 13.0. The van der Waals surface area contributed by atoms with Crippen molar-refractivity contribution in [3.63, 3.8) is 0 Å². The molecule has 380 valence electrons. The molecule has 0 aliphatic carbocycles. The Labute approximate surface area is 400 Å². The van der Waals surface area contributed by atoms with Crippen LogP contribution in [0.5, 0.6) is 11.5 Å². The van der Waals surface area contributed by atoms with Gasteiger partial charge in [0.05, 0.1) is 13.2 Å². The molecule has 8 amide bonds. The molecule has 0 aliphatic rings. The highest BCUT2D eigenvalue weighted by molar-refractivity contribution is 5.92. The van der Waals surface area contributed by atoms with Gasteiger partial charge in [-0.25, -0.2) is 9.59 Å². The van der Waals surface area contributed by atoms with E-state index in [-0.39, 0.29) is 61.5 Å². The molecule has 0 saturated heterocycles. The summed E-state index contributed by atoms with van der Waals surface area (Å²) in [6.45, 7) is 24.6. The van der Waals surface area contributed by atoms with Crippen LogP contribution >= 0.6 is 0 Å². The number of carbonyl (C=O) groups is 8. The van der Waals surface area contributed by atoms with Crippen molar-refractivity contribution in [2.75, 3.05) is 13.2 Å². The summed E-state index contributed by atoms with van der Waals surface area (Å²) in [5.74, 6) is -3.43. The molecule has 0 radical (unpaired) electrons. The third-order valence-electron chi connectivity index (χ3n) is 9.81. The Hall–Kier alpha value is -6.34. The highest BCUT2D eigenvalue weighted by atomic mass is 16.6. The Kier molecular flexibility index (Phi) is 22.8. The molecular weight excluding hydrogens is 881 g/mol. The molecule has 0 aliphatic heterocycles. The SMILES string of the molecule is CC(C)[C@H](NC(=O)CCCOc1ccc2ccc(OCCCC(=O)N[C@H](C(=O)NNC(=O)[C@@H](NC(=O)OC(C)(C)C)C(C)C)C(C)C)cc2c1)C(=O)NNC(=O)[C@@H](NC(=O)OC(C)(C)C)C(C)C. The number of ether oxygens (including phenoxy) is 4. The molecule has 20 nitrogen and oxygen atoms in total. The zero-order valence-electron chi connectivity index (χ0n) is 42.2. The van der Waals surface area contributed by atoms with Crippen molar-refractivity contribution in [1.29, 1.82) is 0 Å². The van der Waals surface area contributed by atoms with Crippen LogP contribution in [-0.4, -0.2) is 96.2 Å². The lowest BCUT2D eigenvalue weighted by molar-refractivity contribution is -0.134. The summed E-state index contributed by atoms with van der Waals surface area (Å²) in [5.41, 5.74) is 7.86. The van der Waals surface area contributed by atoms with E-state index in [4.69, 9.17) is 18.9 Å². The van der Waals surface area contributed by atoms with Crippen LogP contribution < -0.4 is 52.4 Å². The summed E-state index contributed by atoms with van der Waals surface area (Å²) in [5, 5.41) is 12.3. The summed E-state index contributed by atoms with van der Waals surface area (Å²) in [6, 6.07) is 7.22. The summed E-state index contributed by atoms with van der Waals surface area (Å²) in [7, 11) is 0. The van der Waals surface area contributed by atoms with Crippen molar-refractivity contribution in [3.05, 3.63) is 36.4 Å². The number of carbonyl (C=O) groups excluding carboxylic acids is 8. The molecule has 0 bridgehead atoms.